The summed E-state index contributed by atoms with van der Waals surface area (Å²) in [5.41, 5.74) is 0.495. The average Bonchev–Trinajstić information content (AvgIpc) is 2.60. The predicted octanol–water partition coefficient (Wildman–Crippen LogP) is 3.81. The number of hydrogen-bond donors (Lipinski definition) is 1. The van der Waals surface area contributed by atoms with E-state index in [1.807, 2.05) is 0 Å². The molecule has 4 bridgehead atoms. The topological polar surface area (TPSA) is 63.2 Å². The second kappa shape index (κ2) is 6.36. The number of rotatable bonds is 5. The molecule has 26 heavy (non-hydrogen) atoms. The first-order valence-corrected chi connectivity index (χ1v) is 11.6. The van der Waals surface area contributed by atoms with Gasteiger partial charge in [0.2, 0.25) is 0 Å². The molecular weight excluding hydrogens is 346 g/mol. The zero-order chi connectivity index (χ0) is 18.5. The second-order valence-electron chi connectivity index (χ2n) is 8.87. The van der Waals surface area contributed by atoms with Gasteiger partial charge in [-0.25, -0.2) is 8.42 Å². The lowest BCUT2D eigenvalue weighted by molar-refractivity contribution is -0.0688. The summed E-state index contributed by atoms with van der Waals surface area (Å²) in [5.74, 6) is 2.23. The van der Waals surface area contributed by atoms with E-state index < -0.39 is 9.84 Å². The van der Waals surface area contributed by atoms with E-state index in [0.717, 1.165) is 17.8 Å². The number of sulfone groups is 1. The minimum Gasteiger partial charge on any atom is -0.349 e. The van der Waals surface area contributed by atoms with E-state index in [4.69, 9.17) is 0 Å². The highest BCUT2D eigenvalue weighted by Gasteiger charge is 2.53. The summed E-state index contributed by atoms with van der Waals surface area (Å²) in [7, 11) is -3.42. The van der Waals surface area contributed by atoms with Crippen molar-refractivity contribution in [1.82, 2.24) is 5.32 Å². The first-order chi connectivity index (χ1) is 12.3. The van der Waals surface area contributed by atoms with E-state index in [9.17, 15) is 13.2 Å². The molecule has 0 heterocycles. The van der Waals surface area contributed by atoms with Gasteiger partial charge in [-0.1, -0.05) is 19.1 Å². The summed E-state index contributed by atoms with van der Waals surface area (Å²) in [5, 5.41) is 3.19. The van der Waals surface area contributed by atoms with E-state index >= 15 is 0 Å². The molecule has 1 aromatic rings. The van der Waals surface area contributed by atoms with Crippen molar-refractivity contribution in [1.29, 1.82) is 0 Å². The van der Waals surface area contributed by atoms with Gasteiger partial charge in [-0.3, -0.25) is 4.79 Å². The van der Waals surface area contributed by atoms with Gasteiger partial charge in [0.25, 0.3) is 5.91 Å². The van der Waals surface area contributed by atoms with Crippen LogP contribution < -0.4 is 5.32 Å². The van der Waals surface area contributed by atoms with Gasteiger partial charge in [-0.05, 0) is 80.8 Å². The van der Waals surface area contributed by atoms with E-state index in [1.54, 1.807) is 31.2 Å². The highest BCUT2D eigenvalue weighted by atomic mass is 32.2. The Morgan fingerprint density at radius 2 is 1.65 bits per heavy atom. The van der Waals surface area contributed by atoms with E-state index in [2.05, 4.69) is 12.2 Å². The molecule has 4 fully saturated rings. The first-order valence-electron chi connectivity index (χ1n) is 9.95. The van der Waals surface area contributed by atoms with Crippen LogP contribution in [0.2, 0.25) is 0 Å². The first kappa shape index (κ1) is 18.0. The molecule has 0 radical (unpaired) electrons. The maximum Gasteiger partial charge on any atom is 0.252 e. The van der Waals surface area contributed by atoms with Gasteiger partial charge in [0.05, 0.1) is 16.2 Å². The summed E-state index contributed by atoms with van der Waals surface area (Å²) in [6.45, 7) is 3.74. The molecule has 0 aromatic heterocycles. The largest absolute Gasteiger partial charge is 0.349 e. The molecule has 4 saturated carbocycles. The standard InChI is InChI=1S/C21H29NO3S/c1-3-26(24,25)19-7-5-4-6-18(19)20(23)22-14(2)21-11-15-8-16(12-21)10-17(9-15)13-21/h4-7,14-17H,3,8-13H2,1-2H3,(H,22,23)/t14-,15?,16?,17?,21?/m0/s1. The molecule has 5 heteroatoms. The second-order valence-corrected chi connectivity index (χ2v) is 11.1. The van der Waals surface area contributed by atoms with Crippen molar-refractivity contribution >= 4 is 15.7 Å². The van der Waals surface area contributed by atoms with Crippen molar-refractivity contribution in [3.05, 3.63) is 29.8 Å². The molecule has 0 spiro atoms. The van der Waals surface area contributed by atoms with Crippen molar-refractivity contribution in [2.24, 2.45) is 23.2 Å². The number of carbonyl (C=O) groups excluding carboxylic acids is 1. The van der Waals surface area contributed by atoms with Gasteiger partial charge >= 0.3 is 0 Å². The smallest absolute Gasteiger partial charge is 0.252 e. The number of benzene rings is 1. The lowest BCUT2D eigenvalue weighted by atomic mass is 9.48. The van der Waals surface area contributed by atoms with Crippen LogP contribution in [0.3, 0.4) is 0 Å². The Morgan fingerprint density at radius 3 is 2.19 bits per heavy atom. The molecule has 0 aliphatic heterocycles. The van der Waals surface area contributed by atoms with Crippen LogP contribution in [0.5, 0.6) is 0 Å². The van der Waals surface area contributed by atoms with Crippen LogP contribution in [0.1, 0.15) is 62.7 Å². The molecule has 1 atom stereocenters. The normalized spacial score (nSPS) is 33.8. The van der Waals surface area contributed by atoms with Crippen molar-refractivity contribution in [3.63, 3.8) is 0 Å². The number of hydrogen-bond acceptors (Lipinski definition) is 3. The van der Waals surface area contributed by atoms with Crippen LogP contribution in [0.4, 0.5) is 0 Å². The Bertz CT molecular complexity index is 779. The summed E-state index contributed by atoms with van der Waals surface area (Å²) in [4.78, 5) is 13.1. The van der Waals surface area contributed by atoms with E-state index in [1.165, 1.54) is 38.5 Å². The lowest BCUT2D eigenvalue weighted by Crippen LogP contribution is -2.55. The highest BCUT2D eigenvalue weighted by Crippen LogP contribution is 2.61. The minimum atomic E-state index is -3.42. The Labute approximate surface area is 156 Å². The Hall–Kier alpha value is -1.36. The summed E-state index contributed by atoms with van der Waals surface area (Å²) < 4.78 is 24.7. The van der Waals surface area contributed by atoms with Gasteiger partial charge in [0, 0.05) is 6.04 Å². The molecule has 4 nitrogen and oxygen atoms in total. The minimum absolute atomic E-state index is 0.00181. The van der Waals surface area contributed by atoms with E-state index in [0.29, 0.717) is 0 Å². The Kier molecular flexibility index (Phi) is 4.41. The van der Waals surface area contributed by atoms with Crippen LogP contribution in [0.25, 0.3) is 0 Å². The molecule has 0 saturated heterocycles. The molecule has 1 N–H and O–H groups in total. The van der Waals surface area contributed by atoms with Crippen LogP contribution in [0.15, 0.2) is 29.2 Å². The predicted molar refractivity (Wildman–Crippen MR) is 102 cm³/mol. The van der Waals surface area contributed by atoms with Crippen molar-refractivity contribution in [2.75, 3.05) is 5.75 Å². The molecule has 1 aromatic carbocycles. The van der Waals surface area contributed by atoms with Crippen LogP contribution in [-0.4, -0.2) is 26.1 Å². The van der Waals surface area contributed by atoms with Crippen LogP contribution in [0, 0.1) is 23.2 Å². The Balaban J connectivity index is 1.56. The molecule has 1 amide bonds. The SMILES string of the molecule is CCS(=O)(=O)c1ccccc1C(=O)N[C@@H](C)C12CC3CC(CC(C3)C1)C2. The maximum absolute atomic E-state index is 13.0. The fraction of sp³-hybridized carbons (Fsp3) is 0.667. The van der Waals surface area contributed by atoms with Crippen LogP contribution in [-0.2, 0) is 9.84 Å². The third-order valence-corrected chi connectivity index (χ3v) is 8.98. The fourth-order valence-electron chi connectivity index (χ4n) is 6.22. The average molecular weight is 376 g/mol. The summed E-state index contributed by atoms with van der Waals surface area (Å²) >= 11 is 0. The number of nitrogens with one attached hydrogen (secondary N) is 1. The molecule has 4 aliphatic rings. The van der Waals surface area contributed by atoms with Crippen molar-refractivity contribution < 1.29 is 13.2 Å². The molecule has 4 aliphatic carbocycles. The zero-order valence-electron chi connectivity index (χ0n) is 15.7. The van der Waals surface area contributed by atoms with Crippen molar-refractivity contribution in [2.45, 2.75) is 63.3 Å². The van der Waals surface area contributed by atoms with Crippen LogP contribution >= 0.6 is 0 Å². The fourth-order valence-corrected chi connectivity index (χ4v) is 7.31. The van der Waals surface area contributed by atoms with Gasteiger partial charge in [-0.2, -0.15) is 0 Å². The third-order valence-electron chi connectivity index (χ3n) is 7.20. The van der Waals surface area contributed by atoms with Gasteiger partial charge in [-0.15, -0.1) is 0 Å². The van der Waals surface area contributed by atoms with Gasteiger partial charge in [0.1, 0.15) is 0 Å². The zero-order valence-corrected chi connectivity index (χ0v) is 16.5. The summed E-state index contributed by atoms with van der Waals surface area (Å²) in [6.07, 6.45) is 7.77. The Morgan fingerprint density at radius 1 is 1.12 bits per heavy atom. The molecule has 142 valence electrons. The van der Waals surface area contributed by atoms with Crippen molar-refractivity contribution in [3.8, 4) is 0 Å². The molecular formula is C21H29NO3S. The third kappa shape index (κ3) is 2.98. The summed E-state index contributed by atoms with van der Waals surface area (Å²) in [6, 6.07) is 6.68. The number of amides is 1. The van der Waals surface area contributed by atoms with E-state index in [-0.39, 0.29) is 33.6 Å². The molecule has 5 rings (SSSR count). The number of carbonyl (C=O) groups is 1. The highest BCUT2D eigenvalue weighted by molar-refractivity contribution is 7.91. The quantitative estimate of drug-likeness (QED) is 0.851. The lowest BCUT2D eigenvalue weighted by Gasteiger charge is -2.59. The monoisotopic (exact) mass is 375 g/mol. The maximum atomic E-state index is 13.0. The van der Waals surface area contributed by atoms with Gasteiger partial charge in [0.15, 0.2) is 9.84 Å². The van der Waals surface area contributed by atoms with Gasteiger partial charge < -0.3 is 5.32 Å². The molecule has 0 unspecified atom stereocenters.